The summed E-state index contributed by atoms with van der Waals surface area (Å²) in [5, 5.41) is 3.39. The molecule has 1 aromatic carbocycles. The minimum absolute atomic E-state index is 0.545. The van der Waals surface area contributed by atoms with Gasteiger partial charge in [0.2, 0.25) is 0 Å². The van der Waals surface area contributed by atoms with Crippen LogP contribution in [0.15, 0.2) is 60.2 Å². The van der Waals surface area contributed by atoms with Gasteiger partial charge in [-0.25, -0.2) is 0 Å². The van der Waals surface area contributed by atoms with Crippen molar-refractivity contribution in [3.63, 3.8) is 0 Å². The van der Waals surface area contributed by atoms with Crippen molar-refractivity contribution in [3.05, 3.63) is 71.3 Å². The largest absolute Gasteiger partial charge is 0.387 e. The van der Waals surface area contributed by atoms with Crippen LogP contribution in [0.2, 0.25) is 0 Å². The standard InChI is InChI=1S/C21H18N4/c1-2-16-20-17(3-1)25-15-5-7-23-11-13(15)9-19(25)21(20)18-8-12-10-22-6-4-14(12)24(16)18/h1-7,10,18-19,21,23H,8-9,11H2. The van der Waals surface area contributed by atoms with Crippen molar-refractivity contribution in [1.29, 1.82) is 0 Å². The van der Waals surface area contributed by atoms with Gasteiger partial charge < -0.3 is 15.1 Å². The number of nitrogens with zero attached hydrogens (tertiary/aromatic N) is 3. The fourth-order valence-corrected chi connectivity index (χ4v) is 5.92. The molecular weight excluding hydrogens is 308 g/mol. The number of nitrogens with one attached hydrogen (secondary N) is 1. The van der Waals surface area contributed by atoms with E-state index in [-0.39, 0.29) is 0 Å². The predicted octanol–water partition coefficient (Wildman–Crippen LogP) is 3.20. The number of dihydropyridines is 1. The van der Waals surface area contributed by atoms with E-state index in [2.05, 4.69) is 62.8 Å². The van der Waals surface area contributed by atoms with E-state index in [1.165, 1.54) is 34.7 Å². The highest BCUT2D eigenvalue weighted by Crippen LogP contribution is 2.62. The van der Waals surface area contributed by atoms with Crippen LogP contribution in [0.25, 0.3) is 0 Å². The second-order valence-corrected chi connectivity index (χ2v) is 7.73. The number of pyridine rings is 1. The molecule has 2 aromatic rings. The molecule has 122 valence electrons. The maximum atomic E-state index is 4.37. The number of hydrogen-bond donors (Lipinski definition) is 1. The third-order valence-corrected chi connectivity index (χ3v) is 6.72. The molecule has 6 heterocycles. The molecular formula is C21H18N4. The van der Waals surface area contributed by atoms with E-state index < -0.39 is 0 Å². The SMILES string of the molecule is C1=CC2=C(CN1)CC1C3c4c(cccc4N4c5ccncc5CC34)N21. The van der Waals surface area contributed by atoms with Crippen molar-refractivity contribution < 1.29 is 0 Å². The van der Waals surface area contributed by atoms with Crippen LogP contribution < -0.4 is 15.1 Å². The lowest BCUT2D eigenvalue weighted by Gasteiger charge is -2.31. The number of aromatic nitrogens is 1. The van der Waals surface area contributed by atoms with E-state index in [4.69, 9.17) is 0 Å². The van der Waals surface area contributed by atoms with E-state index in [9.17, 15) is 0 Å². The molecule has 0 fully saturated rings. The van der Waals surface area contributed by atoms with Crippen LogP contribution >= 0.6 is 0 Å². The Kier molecular flexibility index (Phi) is 2.05. The Hall–Kier alpha value is -2.75. The highest BCUT2D eigenvalue weighted by molar-refractivity contribution is 5.87. The lowest BCUT2D eigenvalue weighted by Crippen LogP contribution is -2.37. The maximum Gasteiger partial charge on any atom is 0.0478 e. The van der Waals surface area contributed by atoms with Gasteiger partial charge in [-0.05, 0) is 54.5 Å². The number of benzene rings is 1. The zero-order chi connectivity index (χ0) is 16.1. The van der Waals surface area contributed by atoms with Crippen molar-refractivity contribution in [2.75, 3.05) is 16.3 Å². The van der Waals surface area contributed by atoms with Crippen molar-refractivity contribution in [3.8, 4) is 0 Å². The van der Waals surface area contributed by atoms with E-state index in [0.29, 0.717) is 18.0 Å². The molecule has 0 saturated carbocycles. The van der Waals surface area contributed by atoms with Crippen LogP contribution in [0.4, 0.5) is 17.1 Å². The van der Waals surface area contributed by atoms with Crippen LogP contribution in [0.1, 0.15) is 23.5 Å². The first-order valence-electron chi connectivity index (χ1n) is 9.18. The molecule has 25 heavy (non-hydrogen) atoms. The molecule has 1 aromatic heterocycles. The van der Waals surface area contributed by atoms with Crippen molar-refractivity contribution in [2.24, 2.45) is 0 Å². The molecule has 0 bridgehead atoms. The summed E-state index contributed by atoms with van der Waals surface area (Å²) in [5.74, 6) is 0.595. The Morgan fingerprint density at radius 1 is 1.00 bits per heavy atom. The summed E-state index contributed by atoms with van der Waals surface area (Å²) in [6.07, 6.45) is 10.7. The summed E-state index contributed by atoms with van der Waals surface area (Å²) in [4.78, 5) is 9.60. The molecule has 4 heteroatoms. The van der Waals surface area contributed by atoms with Crippen LogP contribution in [0.3, 0.4) is 0 Å². The van der Waals surface area contributed by atoms with Gasteiger partial charge >= 0.3 is 0 Å². The summed E-state index contributed by atoms with van der Waals surface area (Å²) < 4.78 is 0. The zero-order valence-corrected chi connectivity index (χ0v) is 13.8. The third-order valence-electron chi connectivity index (χ3n) is 6.72. The first-order valence-corrected chi connectivity index (χ1v) is 9.18. The first kappa shape index (κ1) is 12.6. The Bertz CT molecular complexity index is 1000. The number of fused-ring (bicyclic) bond motifs is 9. The molecule has 0 aliphatic carbocycles. The monoisotopic (exact) mass is 326 g/mol. The van der Waals surface area contributed by atoms with E-state index in [1.807, 2.05) is 6.20 Å². The molecule has 3 atom stereocenters. The molecule has 5 aliphatic heterocycles. The van der Waals surface area contributed by atoms with Gasteiger partial charge in [-0.15, -0.1) is 0 Å². The van der Waals surface area contributed by atoms with E-state index >= 15 is 0 Å². The average Bonchev–Trinajstić information content (AvgIpc) is 3.35. The molecule has 1 N–H and O–H groups in total. The summed E-state index contributed by atoms with van der Waals surface area (Å²) >= 11 is 0. The highest BCUT2D eigenvalue weighted by Gasteiger charge is 2.56. The van der Waals surface area contributed by atoms with Crippen LogP contribution in [-0.4, -0.2) is 23.6 Å². The summed E-state index contributed by atoms with van der Waals surface area (Å²) in [7, 11) is 0. The molecule has 0 saturated heterocycles. The van der Waals surface area contributed by atoms with Crippen LogP contribution in [-0.2, 0) is 6.42 Å². The molecule has 4 nitrogen and oxygen atoms in total. The molecule has 0 radical (unpaired) electrons. The second kappa shape index (κ2) is 4.07. The number of hydrogen-bond acceptors (Lipinski definition) is 4. The molecule has 3 unspecified atom stereocenters. The summed E-state index contributed by atoms with van der Waals surface area (Å²) in [6, 6.07) is 10.2. The van der Waals surface area contributed by atoms with Crippen LogP contribution in [0, 0.1) is 0 Å². The molecule has 7 rings (SSSR count). The Morgan fingerprint density at radius 3 is 2.84 bits per heavy atom. The van der Waals surface area contributed by atoms with Crippen molar-refractivity contribution >= 4 is 17.1 Å². The number of rotatable bonds is 0. The summed E-state index contributed by atoms with van der Waals surface area (Å²) in [6.45, 7) is 0.999. The van der Waals surface area contributed by atoms with Gasteiger partial charge in [-0.2, -0.15) is 0 Å². The minimum atomic E-state index is 0.545. The topological polar surface area (TPSA) is 31.4 Å². The first-order chi connectivity index (χ1) is 12.4. The quantitative estimate of drug-likeness (QED) is 0.805. The predicted molar refractivity (Wildman–Crippen MR) is 98.1 cm³/mol. The van der Waals surface area contributed by atoms with Crippen LogP contribution in [0.5, 0.6) is 0 Å². The Labute approximate surface area is 146 Å². The van der Waals surface area contributed by atoms with Gasteiger partial charge in [0.05, 0.1) is 0 Å². The molecule has 0 amide bonds. The van der Waals surface area contributed by atoms with Crippen molar-refractivity contribution in [2.45, 2.75) is 30.8 Å². The lowest BCUT2D eigenvalue weighted by atomic mass is 9.86. The Balaban J connectivity index is 1.45. The normalized spacial score (nSPS) is 29.4. The lowest BCUT2D eigenvalue weighted by molar-refractivity contribution is 0.498. The van der Waals surface area contributed by atoms with E-state index in [0.717, 1.165) is 13.0 Å². The smallest absolute Gasteiger partial charge is 0.0478 e. The number of allylic oxidation sites excluding steroid dienone is 1. The highest BCUT2D eigenvalue weighted by atomic mass is 15.3. The van der Waals surface area contributed by atoms with Gasteiger partial charge in [-0.3, -0.25) is 4.98 Å². The van der Waals surface area contributed by atoms with Gasteiger partial charge in [0.15, 0.2) is 0 Å². The van der Waals surface area contributed by atoms with E-state index in [1.54, 1.807) is 11.1 Å². The van der Waals surface area contributed by atoms with Gasteiger partial charge in [0, 0.05) is 65.3 Å². The van der Waals surface area contributed by atoms with Gasteiger partial charge in [-0.1, -0.05) is 6.07 Å². The fraction of sp³-hybridized carbons (Fsp3) is 0.286. The number of anilines is 3. The fourth-order valence-electron chi connectivity index (χ4n) is 5.92. The average molecular weight is 326 g/mol. The minimum Gasteiger partial charge on any atom is -0.387 e. The van der Waals surface area contributed by atoms with Gasteiger partial charge in [0.1, 0.15) is 0 Å². The maximum absolute atomic E-state index is 4.37. The summed E-state index contributed by atoms with van der Waals surface area (Å²) in [5.41, 5.74) is 10.2. The third kappa shape index (κ3) is 1.32. The zero-order valence-electron chi connectivity index (χ0n) is 13.8. The van der Waals surface area contributed by atoms with Gasteiger partial charge in [0.25, 0.3) is 0 Å². The Morgan fingerprint density at radius 2 is 1.88 bits per heavy atom. The second-order valence-electron chi connectivity index (χ2n) is 7.73. The molecule has 5 aliphatic rings. The van der Waals surface area contributed by atoms with Crippen molar-refractivity contribution in [1.82, 2.24) is 10.3 Å². The molecule has 0 spiro atoms.